The number of halogens is 3. The van der Waals surface area contributed by atoms with Crippen LogP contribution >= 0.6 is 35.6 Å². The molecule has 4 rings (SSSR count). The molecule has 5 nitrogen and oxygen atoms in total. The predicted molar refractivity (Wildman–Crippen MR) is 115 cm³/mol. The molecule has 2 heterocycles. The van der Waals surface area contributed by atoms with Crippen LogP contribution in [0.25, 0.3) is 10.9 Å². The van der Waals surface area contributed by atoms with Crippen molar-refractivity contribution in [3.8, 4) is 0 Å². The van der Waals surface area contributed by atoms with Crippen LogP contribution in [0.5, 0.6) is 0 Å². The van der Waals surface area contributed by atoms with E-state index in [-0.39, 0.29) is 18.4 Å². The predicted octanol–water partition coefficient (Wildman–Crippen LogP) is 5.25. The first kappa shape index (κ1) is 19.7. The van der Waals surface area contributed by atoms with Gasteiger partial charge in [-0.2, -0.15) is 0 Å². The molecule has 0 aliphatic carbocycles. The Hall–Kier alpha value is -2.08. The van der Waals surface area contributed by atoms with Gasteiger partial charge in [-0.05, 0) is 36.4 Å². The van der Waals surface area contributed by atoms with Crippen LogP contribution < -0.4 is 10.2 Å². The molecule has 1 fully saturated rings. The fraction of sp³-hybridized carbons (Fsp3) is 0.211. The summed E-state index contributed by atoms with van der Waals surface area (Å²) in [6, 6.07) is 13.3. The zero-order valence-electron chi connectivity index (χ0n) is 14.4. The fourth-order valence-electron chi connectivity index (χ4n) is 3.27. The molecule has 1 aliphatic rings. The number of benzene rings is 2. The van der Waals surface area contributed by atoms with Crippen molar-refractivity contribution in [2.24, 2.45) is 0 Å². The zero-order chi connectivity index (χ0) is 18.1. The normalized spacial score (nSPS) is 14.1. The number of carbonyl (C=O) groups excluding carboxylic acids is 1. The molecule has 27 heavy (non-hydrogen) atoms. The van der Waals surface area contributed by atoms with Gasteiger partial charge in [-0.3, -0.25) is 0 Å². The highest BCUT2D eigenvalue weighted by Crippen LogP contribution is 2.28. The van der Waals surface area contributed by atoms with Crippen molar-refractivity contribution in [3.05, 3.63) is 58.7 Å². The van der Waals surface area contributed by atoms with Crippen LogP contribution in [0.4, 0.5) is 16.2 Å². The summed E-state index contributed by atoms with van der Waals surface area (Å²) < 4.78 is 0. The lowest BCUT2D eigenvalue weighted by atomic mass is 10.2. The van der Waals surface area contributed by atoms with Crippen molar-refractivity contribution in [2.45, 2.75) is 0 Å². The first-order valence-corrected chi connectivity index (χ1v) is 9.19. The number of fused-ring (bicyclic) bond motifs is 1. The van der Waals surface area contributed by atoms with Gasteiger partial charge < -0.3 is 20.1 Å². The van der Waals surface area contributed by atoms with Crippen molar-refractivity contribution in [1.82, 2.24) is 9.88 Å². The number of rotatable bonds is 2. The number of urea groups is 1. The Balaban J connectivity index is 0.00000210. The van der Waals surface area contributed by atoms with Crippen LogP contribution in [0.1, 0.15) is 0 Å². The van der Waals surface area contributed by atoms with E-state index >= 15 is 0 Å². The van der Waals surface area contributed by atoms with Crippen molar-refractivity contribution >= 4 is 63.9 Å². The van der Waals surface area contributed by atoms with Gasteiger partial charge in [-0.1, -0.05) is 29.3 Å². The second-order valence-electron chi connectivity index (χ2n) is 6.25. The standard InChI is InChI=1S/C19H18Cl2N4O.ClH/c20-15-5-4-13(12-16(15)21)23-19(26)25-10-8-24(9-11-25)18-3-1-2-17-14(18)6-7-22-17;/h1-7,12,22H,8-11H2,(H,23,26);1H. The molecular weight excluding hydrogens is 407 g/mol. The van der Waals surface area contributed by atoms with E-state index in [1.54, 1.807) is 18.2 Å². The molecular formula is C19H19Cl3N4O. The molecule has 0 radical (unpaired) electrons. The summed E-state index contributed by atoms with van der Waals surface area (Å²) in [5.41, 5.74) is 2.97. The molecule has 142 valence electrons. The summed E-state index contributed by atoms with van der Waals surface area (Å²) >= 11 is 11.9. The number of aromatic nitrogens is 1. The number of hydrogen-bond acceptors (Lipinski definition) is 2. The zero-order valence-corrected chi connectivity index (χ0v) is 16.7. The van der Waals surface area contributed by atoms with Gasteiger partial charge in [0.15, 0.2) is 0 Å². The second-order valence-corrected chi connectivity index (χ2v) is 7.06. The highest BCUT2D eigenvalue weighted by Gasteiger charge is 2.22. The highest BCUT2D eigenvalue weighted by atomic mass is 35.5. The molecule has 3 aromatic rings. The largest absolute Gasteiger partial charge is 0.367 e. The molecule has 2 aromatic carbocycles. The lowest BCUT2D eigenvalue weighted by molar-refractivity contribution is 0.208. The van der Waals surface area contributed by atoms with Crippen molar-refractivity contribution in [3.63, 3.8) is 0 Å². The number of aromatic amines is 1. The summed E-state index contributed by atoms with van der Waals surface area (Å²) in [6.07, 6.45) is 1.95. The van der Waals surface area contributed by atoms with Gasteiger partial charge in [0.05, 0.1) is 10.0 Å². The highest BCUT2D eigenvalue weighted by molar-refractivity contribution is 6.42. The third-order valence-electron chi connectivity index (χ3n) is 4.65. The lowest BCUT2D eigenvalue weighted by Crippen LogP contribution is -2.50. The summed E-state index contributed by atoms with van der Waals surface area (Å²) in [7, 11) is 0. The monoisotopic (exact) mass is 424 g/mol. The van der Waals surface area contributed by atoms with Crippen molar-refractivity contribution in [2.75, 3.05) is 36.4 Å². The molecule has 0 bridgehead atoms. The number of nitrogens with one attached hydrogen (secondary N) is 2. The van der Waals surface area contributed by atoms with Crippen LogP contribution in [0.3, 0.4) is 0 Å². The molecule has 8 heteroatoms. The molecule has 1 aliphatic heterocycles. The Morgan fingerprint density at radius 2 is 1.78 bits per heavy atom. The van der Waals surface area contributed by atoms with Gasteiger partial charge in [0.25, 0.3) is 0 Å². The molecule has 1 saturated heterocycles. The number of anilines is 2. The summed E-state index contributed by atoms with van der Waals surface area (Å²) in [4.78, 5) is 19.9. The molecule has 2 N–H and O–H groups in total. The Labute approximate surface area is 173 Å². The topological polar surface area (TPSA) is 51.4 Å². The van der Waals surface area contributed by atoms with E-state index in [1.807, 2.05) is 11.1 Å². The van der Waals surface area contributed by atoms with Crippen LogP contribution in [-0.2, 0) is 0 Å². The quantitative estimate of drug-likeness (QED) is 0.589. The molecule has 0 spiro atoms. The van der Waals surface area contributed by atoms with E-state index in [9.17, 15) is 4.79 Å². The molecule has 1 aromatic heterocycles. The molecule has 0 unspecified atom stereocenters. The maximum atomic E-state index is 12.5. The first-order chi connectivity index (χ1) is 12.6. The number of carbonyl (C=O) groups is 1. The van der Waals surface area contributed by atoms with Crippen LogP contribution in [0, 0.1) is 0 Å². The first-order valence-electron chi connectivity index (χ1n) is 8.44. The van der Waals surface area contributed by atoms with E-state index in [4.69, 9.17) is 23.2 Å². The number of hydrogen-bond donors (Lipinski definition) is 2. The van der Waals surface area contributed by atoms with E-state index in [0.717, 1.165) is 18.6 Å². The maximum Gasteiger partial charge on any atom is 0.321 e. The van der Waals surface area contributed by atoms with Crippen molar-refractivity contribution in [1.29, 1.82) is 0 Å². The number of piperazine rings is 1. The second kappa shape index (κ2) is 8.30. The minimum atomic E-state index is -0.122. The summed E-state index contributed by atoms with van der Waals surface area (Å²) in [5, 5.41) is 4.98. The smallest absolute Gasteiger partial charge is 0.321 e. The number of H-pyrrole nitrogens is 1. The van der Waals surface area contributed by atoms with E-state index < -0.39 is 0 Å². The van der Waals surface area contributed by atoms with Crippen LogP contribution in [-0.4, -0.2) is 42.1 Å². The van der Waals surface area contributed by atoms with Gasteiger partial charge in [0.1, 0.15) is 0 Å². The summed E-state index contributed by atoms with van der Waals surface area (Å²) in [6.45, 7) is 2.90. The van der Waals surface area contributed by atoms with Crippen LogP contribution in [0.15, 0.2) is 48.7 Å². The minimum absolute atomic E-state index is 0. The SMILES string of the molecule is Cl.O=C(Nc1ccc(Cl)c(Cl)c1)N1CCN(c2cccc3[nH]ccc23)CC1. The average Bonchev–Trinajstić information content (AvgIpc) is 3.14. The number of amides is 2. The lowest BCUT2D eigenvalue weighted by Gasteiger charge is -2.36. The third-order valence-corrected chi connectivity index (χ3v) is 5.39. The Morgan fingerprint density at radius 3 is 2.52 bits per heavy atom. The van der Waals surface area contributed by atoms with Gasteiger partial charge in [-0.15, -0.1) is 12.4 Å². The fourth-order valence-corrected chi connectivity index (χ4v) is 3.57. The van der Waals surface area contributed by atoms with E-state index in [1.165, 1.54) is 11.1 Å². The van der Waals surface area contributed by atoms with Gasteiger partial charge in [0.2, 0.25) is 0 Å². The number of nitrogens with zero attached hydrogens (tertiary/aromatic N) is 2. The third kappa shape index (κ3) is 4.10. The maximum absolute atomic E-state index is 12.5. The Bertz CT molecular complexity index is 951. The van der Waals surface area contributed by atoms with Crippen molar-refractivity contribution < 1.29 is 4.79 Å². The Morgan fingerprint density at radius 1 is 1.00 bits per heavy atom. The summed E-state index contributed by atoms with van der Waals surface area (Å²) in [5.74, 6) is 0. The Kier molecular flexibility index (Phi) is 6.05. The molecule has 2 amide bonds. The van der Waals surface area contributed by atoms with Gasteiger partial charge >= 0.3 is 6.03 Å². The van der Waals surface area contributed by atoms with E-state index in [2.05, 4.69) is 39.5 Å². The van der Waals surface area contributed by atoms with Gasteiger partial charge in [-0.25, -0.2) is 4.79 Å². The average molecular weight is 426 g/mol. The molecule has 0 saturated carbocycles. The minimum Gasteiger partial charge on any atom is -0.367 e. The van der Waals surface area contributed by atoms with Gasteiger partial charge in [0, 0.05) is 54.7 Å². The van der Waals surface area contributed by atoms with Crippen LogP contribution in [0.2, 0.25) is 10.0 Å². The van der Waals surface area contributed by atoms with E-state index in [0.29, 0.717) is 28.8 Å². The molecule has 0 atom stereocenters.